The largest absolute Gasteiger partial charge is 0.375 e. The predicted molar refractivity (Wildman–Crippen MR) is 171 cm³/mol. The highest BCUT2D eigenvalue weighted by Gasteiger charge is 2.56. The molecule has 6 rings (SSSR count). The van der Waals surface area contributed by atoms with Crippen molar-refractivity contribution < 1.29 is 23.7 Å². The van der Waals surface area contributed by atoms with Crippen LogP contribution in [-0.2, 0) is 50.0 Å². The van der Waals surface area contributed by atoms with Crippen molar-refractivity contribution in [2.45, 2.75) is 76.4 Å². The zero-order valence-corrected chi connectivity index (χ0v) is 25.7. The van der Waals surface area contributed by atoms with Gasteiger partial charge in [-0.05, 0) is 36.1 Å². The van der Waals surface area contributed by atoms with E-state index >= 15 is 0 Å². The summed E-state index contributed by atoms with van der Waals surface area (Å²) >= 11 is 0. The lowest BCUT2D eigenvalue weighted by Crippen LogP contribution is -2.49. The van der Waals surface area contributed by atoms with Gasteiger partial charge in [-0.25, -0.2) is 0 Å². The average molecular weight is 594 g/mol. The molecule has 0 bridgehead atoms. The molecular weight excluding hydrogens is 550 g/mol. The molecule has 0 aromatic heterocycles. The summed E-state index contributed by atoms with van der Waals surface area (Å²) in [6, 6.07) is 41.4. The smallest absolute Gasteiger partial charge is 0.163 e. The zero-order valence-electron chi connectivity index (χ0n) is 25.7. The Morgan fingerprint density at radius 1 is 0.636 bits per heavy atom. The molecule has 2 saturated heterocycles. The summed E-state index contributed by atoms with van der Waals surface area (Å²) < 4.78 is 32.9. The molecule has 0 radical (unpaired) electrons. The standard InChI is InChI=1S/C38H43NO5/c1-38(2)43-28-34(44-38)35-37(42-26-32-21-13-6-14-22-32)36(41-25-31-19-11-5-12-20-31)33(27-40-24-30-17-9-4-10-18-30)39(35)23-29-15-7-3-8-16-29/h3-22,33-37H,23-28H2,1-2H3/t33-,34+,35-,36-,37-/m1/s1. The van der Waals surface area contributed by atoms with E-state index in [9.17, 15) is 0 Å². The second kappa shape index (κ2) is 14.6. The fourth-order valence-electron chi connectivity index (χ4n) is 6.33. The topological polar surface area (TPSA) is 49.4 Å². The van der Waals surface area contributed by atoms with Crippen molar-refractivity contribution in [1.29, 1.82) is 0 Å². The number of hydrogen-bond acceptors (Lipinski definition) is 6. The lowest BCUT2D eigenvalue weighted by Gasteiger charge is -2.34. The highest BCUT2D eigenvalue weighted by atomic mass is 16.7. The van der Waals surface area contributed by atoms with Crippen LogP contribution in [0.1, 0.15) is 36.1 Å². The number of likely N-dealkylation sites (tertiary alicyclic amines) is 1. The van der Waals surface area contributed by atoms with E-state index in [0.29, 0.717) is 39.6 Å². The van der Waals surface area contributed by atoms with Gasteiger partial charge in [-0.15, -0.1) is 0 Å². The fraction of sp³-hybridized carbons (Fsp3) is 0.368. The average Bonchev–Trinajstić information content (AvgIpc) is 3.56. The van der Waals surface area contributed by atoms with E-state index in [-0.39, 0.29) is 30.4 Å². The number of hydrogen-bond donors (Lipinski definition) is 0. The predicted octanol–water partition coefficient (Wildman–Crippen LogP) is 6.78. The molecule has 6 nitrogen and oxygen atoms in total. The Morgan fingerprint density at radius 3 is 1.61 bits per heavy atom. The van der Waals surface area contributed by atoms with E-state index in [4.69, 9.17) is 23.7 Å². The molecule has 0 aliphatic carbocycles. The molecule has 2 fully saturated rings. The summed E-state index contributed by atoms with van der Waals surface area (Å²) in [6.07, 6.45) is -0.748. The summed E-state index contributed by atoms with van der Waals surface area (Å²) in [5, 5.41) is 0. The lowest BCUT2D eigenvalue weighted by molar-refractivity contribution is -0.155. The van der Waals surface area contributed by atoms with Gasteiger partial charge in [0, 0.05) is 6.54 Å². The number of rotatable bonds is 13. The van der Waals surface area contributed by atoms with Crippen LogP contribution in [0.15, 0.2) is 121 Å². The third-order valence-electron chi connectivity index (χ3n) is 8.44. The van der Waals surface area contributed by atoms with E-state index in [0.717, 1.165) is 16.7 Å². The van der Waals surface area contributed by atoms with Crippen LogP contribution in [0.2, 0.25) is 0 Å². The fourth-order valence-corrected chi connectivity index (χ4v) is 6.33. The molecule has 0 N–H and O–H groups in total. The highest BCUT2D eigenvalue weighted by molar-refractivity contribution is 5.19. The summed E-state index contributed by atoms with van der Waals surface area (Å²) in [5.41, 5.74) is 4.60. The maximum atomic E-state index is 6.89. The Balaban J connectivity index is 1.34. The zero-order chi connectivity index (χ0) is 30.2. The van der Waals surface area contributed by atoms with Crippen molar-refractivity contribution in [2.24, 2.45) is 0 Å². The molecule has 2 aliphatic heterocycles. The van der Waals surface area contributed by atoms with Gasteiger partial charge in [-0.2, -0.15) is 0 Å². The summed E-state index contributed by atoms with van der Waals surface area (Å²) in [5.74, 6) is -0.671. The Labute approximate surface area is 261 Å². The Morgan fingerprint density at radius 2 is 1.11 bits per heavy atom. The van der Waals surface area contributed by atoms with Crippen molar-refractivity contribution in [1.82, 2.24) is 4.90 Å². The van der Waals surface area contributed by atoms with E-state index in [1.165, 1.54) is 5.56 Å². The molecule has 2 heterocycles. The lowest BCUT2D eigenvalue weighted by atomic mass is 10.0. The normalized spacial score (nSPS) is 24.9. The first-order valence-electron chi connectivity index (χ1n) is 15.6. The number of ether oxygens (including phenoxy) is 5. The number of benzene rings is 4. The van der Waals surface area contributed by atoms with Gasteiger partial charge in [0.05, 0.1) is 45.1 Å². The molecule has 230 valence electrons. The quantitative estimate of drug-likeness (QED) is 0.170. The van der Waals surface area contributed by atoms with Crippen LogP contribution in [0.3, 0.4) is 0 Å². The minimum Gasteiger partial charge on any atom is -0.375 e. The monoisotopic (exact) mass is 593 g/mol. The van der Waals surface area contributed by atoms with Crippen molar-refractivity contribution in [3.8, 4) is 0 Å². The summed E-state index contributed by atoms with van der Waals surface area (Å²) in [4.78, 5) is 2.49. The number of nitrogens with zero attached hydrogens (tertiary/aromatic N) is 1. The van der Waals surface area contributed by atoms with Crippen molar-refractivity contribution in [2.75, 3.05) is 13.2 Å². The molecule has 0 amide bonds. The van der Waals surface area contributed by atoms with E-state index in [1.807, 2.05) is 68.4 Å². The first-order valence-corrected chi connectivity index (χ1v) is 15.6. The molecule has 2 aliphatic rings. The SMILES string of the molecule is CC1(C)OC[C@@H]([C@@H]2[C@@H](OCc3ccccc3)[C@H](OCc3ccccc3)[C@@H](COCc3ccccc3)N2Cc2ccccc2)O1. The molecule has 0 spiro atoms. The minimum atomic E-state index is -0.671. The van der Waals surface area contributed by atoms with Gasteiger partial charge in [-0.1, -0.05) is 121 Å². The van der Waals surface area contributed by atoms with Gasteiger partial charge in [-0.3, -0.25) is 4.90 Å². The van der Waals surface area contributed by atoms with Crippen LogP contribution >= 0.6 is 0 Å². The van der Waals surface area contributed by atoms with Gasteiger partial charge < -0.3 is 23.7 Å². The van der Waals surface area contributed by atoms with E-state index in [1.54, 1.807) is 0 Å². The van der Waals surface area contributed by atoms with Gasteiger partial charge in [0.25, 0.3) is 0 Å². The van der Waals surface area contributed by atoms with Crippen LogP contribution in [0.4, 0.5) is 0 Å². The van der Waals surface area contributed by atoms with E-state index < -0.39 is 5.79 Å². The summed E-state index contributed by atoms with van der Waals surface area (Å²) in [7, 11) is 0. The molecule has 4 aromatic rings. The molecule has 0 saturated carbocycles. The second-order valence-corrected chi connectivity index (χ2v) is 12.1. The van der Waals surface area contributed by atoms with Gasteiger partial charge in [0.2, 0.25) is 0 Å². The van der Waals surface area contributed by atoms with Crippen molar-refractivity contribution in [3.63, 3.8) is 0 Å². The first kappa shape index (κ1) is 30.7. The maximum absolute atomic E-state index is 6.89. The summed E-state index contributed by atoms with van der Waals surface area (Å²) in [6.45, 7) is 7.11. The molecule has 6 heteroatoms. The first-order chi connectivity index (χ1) is 21.6. The van der Waals surface area contributed by atoms with Crippen LogP contribution in [0.5, 0.6) is 0 Å². The van der Waals surface area contributed by atoms with Crippen LogP contribution < -0.4 is 0 Å². The molecule has 5 atom stereocenters. The van der Waals surface area contributed by atoms with Crippen molar-refractivity contribution >= 4 is 0 Å². The minimum absolute atomic E-state index is 0.0827. The molecular formula is C38H43NO5. The second-order valence-electron chi connectivity index (χ2n) is 12.1. The van der Waals surface area contributed by atoms with Crippen LogP contribution in [0.25, 0.3) is 0 Å². The van der Waals surface area contributed by atoms with Gasteiger partial charge in [0.1, 0.15) is 18.3 Å². The van der Waals surface area contributed by atoms with E-state index in [2.05, 4.69) is 71.6 Å². The highest BCUT2D eigenvalue weighted by Crippen LogP contribution is 2.39. The third-order valence-corrected chi connectivity index (χ3v) is 8.44. The Kier molecular flexibility index (Phi) is 10.2. The maximum Gasteiger partial charge on any atom is 0.163 e. The van der Waals surface area contributed by atoms with Gasteiger partial charge >= 0.3 is 0 Å². The Bertz CT molecular complexity index is 1400. The van der Waals surface area contributed by atoms with Gasteiger partial charge in [0.15, 0.2) is 5.79 Å². The third kappa shape index (κ3) is 7.83. The van der Waals surface area contributed by atoms with Crippen LogP contribution in [0, 0.1) is 0 Å². The van der Waals surface area contributed by atoms with Crippen molar-refractivity contribution in [3.05, 3.63) is 144 Å². The Hall–Kier alpha value is -3.36. The molecule has 4 aromatic carbocycles. The van der Waals surface area contributed by atoms with Crippen LogP contribution in [-0.4, -0.2) is 54.3 Å². The molecule has 0 unspecified atom stereocenters. The molecule has 44 heavy (non-hydrogen) atoms.